The molecular weight excluding hydrogens is 232 g/mol. The van der Waals surface area contributed by atoms with Gasteiger partial charge in [-0.1, -0.05) is 34.1 Å². The van der Waals surface area contributed by atoms with Crippen LogP contribution in [-0.2, 0) is 4.79 Å². The Bertz CT molecular complexity index is 335. The molecule has 2 nitrogen and oxygen atoms in total. The molecule has 0 aromatic heterocycles. The fourth-order valence-electron chi connectivity index (χ4n) is 1.52. The Hall–Kier alpha value is -0.830. The smallest absolute Gasteiger partial charge is 0.154 e. The normalized spacial score (nSPS) is 19.3. The fraction of sp³-hybridized carbons (Fsp3) is 0.300. The van der Waals surface area contributed by atoms with Gasteiger partial charge in [-0.15, -0.1) is 0 Å². The summed E-state index contributed by atoms with van der Waals surface area (Å²) in [6.07, 6.45) is 0. The van der Waals surface area contributed by atoms with Crippen molar-refractivity contribution >= 4 is 21.7 Å². The second kappa shape index (κ2) is 3.50. The van der Waals surface area contributed by atoms with E-state index in [4.69, 9.17) is 4.74 Å². The number of halogens is 1. The first-order valence-electron chi connectivity index (χ1n) is 4.13. The van der Waals surface area contributed by atoms with Crippen LogP contribution >= 0.6 is 15.9 Å². The Morgan fingerprint density at radius 1 is 1.54 bits per heavy atom. The molecule has 0 bridgehead atoms. The maximum absolute atomic E-state index is 11.4. The first-order valence-corrected chi connectivity index (χ1v) is 5.25. The fourth-order valence-corrected chi connectivity index (χ4v) is 1.91. The molecule has 3 heteroatoms. The molecule has 0 saturated carbocycles. The number of fused-ring (bicyclic) bond motifs is 1. The maximum atomic E-state index is 11.4. The summed E-state index contributed by atoms with van der Waals surface area (Å²) in [6.45, 7) is 0.490. The maximum Gasteiger partial charge on any atom is 0.154 e. The van der Waals surface area contributed by atoms with Gasteiger partial charge in [0.2, 0.25) is 0 Å². The van der Waals surface area contributed by atoms with Crippen molar-refractivity contribution in [3.8, 4) is 5.75 Å². The summed E-state index contributed by atoms with van der Waals surface area (Å²) in [5.41, 5.74) is 1.02. The zero-order chi connectivity index (χ0) is 9.26. The van der Waals surface area contributed by atoms with Gasteiger partial charge in [-0.3, -0.25) is 4.79 Å². The number of Topliss-reactive ketones (excluding diaryl/α,β-unsaturated/α-hetero) is 1. The van der Waals surface area contributed by atoms with Crippen molar-refractivity contribution in [3.63, 3.8) is 0 Å². The molecule has 0 saturated heterocycles. The zero-order valence-corrected chi connectivity index (χ0v) is 8.58. The minimum Gasteiger partial charge on any atom is -0.492 e. The molecule has 1 atom stereocenters. The van der Waals surface area contributed by atoms with Gasteiger partial charge in [0.15, 0.2) is 5.78 Å². The van der Waals surface area contributed by atoms with Crippen LogP contribution in [-0.4, -0.2) is 17.7 Å². The average molecular weight is 241 g/mol. The number of hydrogen-bond acceptors (Lipinski definition) is 2. The van der Waals surface area contributed by atoms with Gasteiger partial charge < -0.3 is 4.74 Å². The largest absolute Gasteiger partial charge is 0.492 e. The van der Waals surface area contributed by atoms with Crippen molar-refractivity contribution in [2.24, 2.45) is 0 Å². The third-order valence-corrected chi connectivity index (χ3v) is 2.77. The summed E-state index contributed by atoms with van der Waals surface area (Å²) >= 11 is 3.17. The molecule has 1 aromatic rings. The molecule has 0 spiro atoms. The minimum atomic E-state index is -0.0735. The van der Waals surface area contributed by atoms with E-state index in [0.29, 0.717) is 11.9 Å². The first kappa shape index (κ1) is 8.75. The molecule has 2 rings (SSSR count). The SMILES string of the molecule is O=C(CBr)C1COc2ccccc21. The highest BCUT2D eigenvalue weighted by atomic mass is 79.9. The van der Waals surface area contributed by atoms with Crippen LogP contribution in [0.2, 0.25) is 0 Å². The van der Waals surface area contributed by atoms with Gasteiger partial charge in [0.05, 0.1) is 11.2 Å². The third kappa shape index (κ3) is 1.48. The van der Waals surface area contributed by atoms with E-state index in [1.807, 2.05) is 24.3 Å². The monoisotopic (exact) mass is 240 g/mol. The number of rotatable bonds is 2. The quantitative estimate of drug-likeness (QED) is 0.741. The lowest BCUT2D eigenvalue weighted by Crippen LogP contribution is -2.14. The lowest BCUT2D eigenvalue weighted by Gasteiger charge is -2.03. The second-order valence-electron chi connectivity index (χ2n) is 3.00. The van der Waals surface area contributed by atoms with Crippen LogP contribution in [0.1, 0.15) is 11.5 Å². The Morgan fingerprint density at radius 3 is 3.08 bits per heavy atom. The van der Waals surface area contributed by atoms with Crippen LogP contribution in [0.3, 0.4) is 0 Å². The summed E-state index contributed by atoms with van der Waals surface area (Å²) in [7, 11) is 0. The summed E-state index contributed by atoms with van der Waals surface area (Å²) in [5, 5.41) is 0.398. The minimum absolute atomic E-state index is 0.0735. The Kier molecular flexibility index (Phi) is 2.36. The van der Waals surface area contributed by atoms with E-state index in [2.05, 4.69) is 15.9 Å². The summed E-state index contributed by atoms with van der Waals surface area (Å²) in [4.78, 5) is 11.4. The highest BCUT2D eigenvalue weighted by Crippen LogP contribution is 2.34. The molecule has 1 aromatic carbocycles. The number of carbonyl (C=O) groups excluding carboxylic acids is 1. The van der Waals surface area contributed by atoms with Crippen molar-refractivity contribution in [3.05, 3.63) is 29.8 Å². The summed E-state index contributed by atoms with van der Waals surface area (Å²) in [5.74, 6) is 0.960. The molecule has 1 aliphatic rings. The molecule has 1 unspecified atom stereocenters. The van der Waals surface area contributed by atoms with E-state index >= 15 is 0 Å². The Balaban J connectivity index is 2.33. The van der Waals surface area contributed by atoms with E-state index in [-0.39, 0.29) is 11.7 Å². The molecule has 68 valence electrons. The van der Waals surface area contributed by atoms with E-state index in [1.54, 1.807) is 0 Å². The molecule has 0 N–H and O–H groups in total. The van der Waals surface area contributed by atoms with Crippen LogP contribution in [0.4, 0.5) is 0 Å². The topological polar surface area (TPSA) is 26.3 Å². The second-order valence-corrected chi connectivity index (χ2v) is 3.56. The van der Waals surface area contributed by atoms with Gasteiger partial charge in [0.25, 0.3) is 0 Å². The molecule has 0 radical (unpaired) electrons. The highest BCUT2D eigenvalue weighted by molar-refractivity contribution is 9.09. The molecule has 0 fully saturated rings. The molecule has 0 amide bonds. The molecule has 1 aliphatic heterocycles. The number of alkyl halides is 1. The van der Waals surface area contributed by atoms with Crippen LogP contribution in [0.25, 0.3) is 0 Å². The summed E-state index contributed by atoms with van der Waals surface area (Å²) < 4.78 is 5.39. The van der Waals surface area contributed by atoms with E-state index in [1.165, 1.54) is 0 Å². The standard InChI is InChI=1S/C10H9BrO2/c11-5-9(12)8-6-13-10-4-2-1-3-7(8)10/h1-4,8H,5-6H2. The van der Waals surface area contributed by atoms with Crippen molar-refractivity contribution in [2.45, 2.75) is 5.92 Å². The molecular formula is C10H9BrO2. The van der Waals surface area contributed by atoms with Crippen molar-refractivity contribution in [2.75, 3.05) is 11.9 Å². The summed E-state index contributed by atoms with van der Waals surface area (Å²) in [6, 6.07) is 7.70. The number of para-hydroxylation sites is 1. The number of hydrogen-bond donors (Lipinski definition) is 0. The molecule has 0 aliphatic carbocycles. The molecule has 1 heterocycles. The van der Waals surface area contributed by atoms with Gasteiger partial charge >= 0.3 is 0 Å². The van der Waals surface area contributed by atoms with Gasteiger partial charge in [-0.05, 0) is 6.07 Å². The van der Waals surface area contributed by atoms with E-state index in [0.717, 1.165) is 11.3 Å². The first-order chi connectivity index (χ1) is 6.33. The predicted molar refractivity (Wildman–Crippen MR) is 53.5 cm³/mol. The Labute approximate surface area is 85.0 Å². The van der Waals surface area contributed by atoms with Crippen molar-refractivity contribution in [1.82, 2.24) is 0 Å². The van der Waals surface area contributed by atoms with Crippen LogP contribution in [0.15, 0.2) is 24.3 Å². The third-order valence-electron chi connectivity index (χ3n) is 2.22. The van der Waals surface area contributed by atoms with Gasteiger partial charge in [0, 0.05) is 5.56 Å². The number of ether oxygens (including phenoxy) is 1. The number of carbonyl (C=O) groups is 1. The van der Waals surface area contributed by atoms with Crippen molar-refractivity contribution < 1.29 is 9.53 Å². The van der Waals surface area contributed by atoms with Gasteiger partial charge in [-0.25, -0.2) is 0 Å². The van der Waals surface area contributed by atoms with Crippen molar-refractivity contribution in [1.29, 1.82) is 0 Å². The van der Waals surface area contributed by atoms with E-state index in [9.17, 15) is 4.79 Å². The predicted octanol–water partition coefficient (Wildman–Crippen LogP) is 2.13. The zero-order valence-electron chi connectivity index (χ0n) is 7.00. The number of benzene rings is 1. The van der Waals surface area contributed by atoms with Crippen LogP contribution in [0, 0.1) is 0 Å². The average Bonchev–Trinajstić information content (AvgIpc) is 2.60. The van der Waals surface area contributed by atoms with E-state index < -0.39 is 0 Å². The Morgan fingerprint density at radius 2 is 2.31 bits per heavy atom. The lowest BCUT2D eigenvalue weighted by atomic mass is 9.98. The van der Waals surface area contributed by atoms with Gasteiger partial charge in [0.1, 0.15) is 12.4 Å². The van der Waals surface area contributed by atoms with Crippen LogP contribution in [0.5, 0.6) is 5.75 Å². The number of ketones is 1. The van der Waals surface area contributed by atoms with Gasteiger partial charge in [-0.2, -0.15) is 0 Å². The molecule has 13 heavy (non-hydrogen) atoms. The van der Waals surface area contributed by atoms with Crippen LogP contribution < -0.4 is 4.74 Å². The highest BCUT2D eigenvalue weighted by Gasteiger charge is 2.28. The lowest BCUT2D eigenvalue weighted by molar-refractivity contribution is -0.118.